The molecule has 0 aromatic heterocycles. The highest BCUT2D eigenvalue weighted by atomic mass is 127. The number of alkyl halides is 2. The Morgan fingerprint density at radius 2 is 1.94 bits per heavy atom. The van der Waals surface area contributed by atoms with E-state index >= 15 is 0 Å². The molecular formula is C11H18I2N2O3. The van der Waals surface area contributed by atoms with Gasteiger partial charge in [0.15, 0.2) is 0 Å². The van der Waals surface area contributed by atoms with Gasteiger partial charge >= 0.3 is 0 Å². The second-order valence-corrected chi connectivity index (χ2v) is 5.75. The molecule has 2 atom stereocenters. The first-order valence-corrected chi connectivity index (χ1v) is 8.96. The summed E-state index contributed by atoms with van der Waals surface area (Å²) >= 11 is 4.04. The van der Waals surface area contributed by atoms with Gasteiger partial charge in [-0.15, -0.1) is 0 Å². The van der Waals surface area contributed by atoms with E-state index in [-0.39, 0.29) is 11.8 Å². The minimum absolute atomic E-state index is 0.259. The fraction of sp³-hybridized carbons (Fsp3) is 0.818. The maximum atomic E-state index is 11.6. The van der Waals surface area contributed by atoms with Crippen LogP contribution in [-0.4, -0.2) is 50.9 Å². The van der Waals surface area contributed by atoms with Crippen molar-refractivity contribution in [3.05, 3.63) is 0 Å². The second-order valence-electron chi connectivity index (χ2n) is 4.23. The molecule has 5 nitrogen and oxygen atoms in total. The molecule has 2 amide bonds. The van der Waals surface area contributed by atoms with Crippen LogP contribution in [0.25, 0.3) is 0 Å². The van der Waals surface area contributed by atoms with Crippen molar-refractivity contribution in [3.63, 3.8) is 0 Å². The standard InChI is InChI=1S/C9H14INO2.C2H4INO/c10-6-9(12)11-4-5-13-8-3-1-2-7(8)11;3-1-2(4)5/h7-8H,1-6H2;1H2,(H2,4,5). The Morgan fingerprint density at radius 1 is 1.28 bits per heavy atom. The summed E-state index contributed by atoms with van der Waals surface area (Å²) in [6.45, 7) is 1.52. The summed E-state index contributed by atoms with van der Waals surface area (Å²) in [5, 5.41) is 0. The molecule has 2 N–H and O–H groups in total. The molecule has 0 aromatic rings. The number of hydrogen-bond donors (Lipinski definition) is 1. The van der Waals surface area contributed by atoms with Crippen LogP contribution in [-0.2, 0) is 14.3 Å². The molecule has 2 fully saturated rings. The molecule has 0 bridgehead atoms. The quantitative estimate of drug-likeness (QED) is 0.476. The molecule has 0 aromatic carbocycles. The number of hydrogen-bond acceptors (Lipinski definition) is 3. The third-order valence-corrected chi connectivity index (χ3v) is 4.45. The molecule has 1 saturated heterocycles. The van der Waals surface area contributed by atoms with Gasteiger partial charge in [0.05, 0.1) is 27.6 Å². The Morgan fingerprint density at radius 3 is 2.50 bits per heavy atom. The van der Waals surface area contributed by atoms with Gasteiger partial charge < -0.3 is 15.4 Å². The van der Waals surface area contributed by atoms with Crippen molar-refractivity contribution >= 4 is 57.0 Å². The SMILES string of the molecule is NC(=O)CI.O=C(CI)N1CCOC2CCCC21. The van der Waals surface area contributed by atoms with Crippen LogP contribution in [0.1, 0.15) is 19.3 Å². The van der Waals surface area contributed by atoms with Crippen molar-refractivity contribution in [1.82, 2.24) is 4.90 Å². The van der Waals surface area contributed by atoms with Crippen LogP contribution in [0.5, 0.6) is 0 Å². The number of fused-ring (bicyclic) bond motifs is 1. The van der Waals surface area contributed by atoms with E-state index < -0.39 is 0 Å². The van der Waals surface area contributed by atoms with E-state index in [1.54, 1.807) is 0 Å². The fourth-order valence-corrected chi connectivity index (χ4v) is 2.75. The lowest BCUT2D eigenvalue weighted by Crippen LogP contribution is -2.51. The first kappa shape index (κ1) is 16.4. The largest absolute Gasteiger partial charge is 0.374 e. The van der Waals surface area contributed by atoms with Gasteiger partial charge in [-0.3, -0.25) is 9.59 Å². The van der Waals surface area contributed by atoms with Gasteiger partial charge in [-0.2, -0.15) is 0 Å². The van der Waals surface area contributed by atoms with Crippen LogP contribution < -0.4 is 5.73 Å². The molecule has 18 heavy (non-hydrogen) atoms. The zero-order chi connectivity index (χ0) is 13.5. The highest BCUT2D eigenvalue weighted by Gasteiger charge is 2.37. The maximum absolute atomic E-state index is 11.6. The molecule has 2 aliphatic rings. The van der Waals surface area contributed by atoms with Crippen LogP contribution >= 0.6 is 45.2 Å². The Bertz CT molecular complexity index is 302. The first-order valence-electron chi connectivity index (χ1n) is 5.91. The van der Waals surface area contributed by atoms with E-state index in [4.69, 9.17) is 4.74 Å². The fourth-order valence-electron chi connectivity index (χ4n) is 2.31. The lowest BCUT2D eigenvalue weighted by Gasteiger charge is -2.37. The number of halogens is 2. The summed E-state index contributed by atoms with van der Waals surface area (Å²) in [6, 6.07) is 0.385. The van der Waals surface area contributed by atoms with E-state index in [1.165, 1.54) is 6.42 Å². The van der Waals surface area contributed by atoms with Crippen molar-refractivity contribution in [3.8, 4) is 0 Å². The molecule has 1 aliphatic carbocycles. The predicted octanol–water partition coefficient (Wildman–Crippen LogP) is 1.11. The number of nitrogens with zero attached hydrogens (tertiary/aromatic N) is 1. The van der Waals surface area contributed by atoms with Crippen LogP contribution in [0.3, 0.4) is 0 Å². The van der Waals surface area contributed by atoms with Crippen LogP contribution in [0, 0.1) is 0 Å². The molecule has 0 spiro atoms. The average molecular weight is 480 g/mol. The normalized spacial score (nSPS) is 26.0. The maximum Gasteiger partial charge on any atom is 0.232 e. The number of carbonyl (C=O) groups is 2. The van der Waals surface area contributed by atoms with E-state index in [9.17, 15) is 9.59 Å². The first-order chi connectivity index (χ1) is 8.60. The van der Waals surface area contributed by atoms with Gasteiger partial charge in [-0.05, 0) is 19.3 Å². The Kier molecular flexibility index (Phi) is 7.76. The summed E-state index contributed by atoms with van der Waals surface area (Å²) in [6.07, 6.45) is 3.81. The number of nitrogens with two attached hydrogens (primary N) is 1. The van der Waals surface area contributed by atoms with Crippen molar-refractivity contribution in [2.45, 2.75) is 31.4 Å². The lowest BCUT2D eigenvalue weighted by molar-refractivity contribution is -0.140. The van der Waals surface area contributed by atoms with Gasteiger partial charge in [0.2, 0.25) is 11.8 Å². The molecule has 2 rings (SSSR count). The molecule has 1 heterocycles. The van der Waals surface area contributed by atoms with Crippen molar-refractivity contribution < 1.29 is 14.3 Å². The highest BCUT2D eigenvalue weighted by molar-refractivity contribution is 14.1. The summed E-state index contributed by atoms with van der Waals surface area (Å²) in [5.41, 5.74) is 4.65. The number of amides is 2. The topological polar surface area (TPSA) is 72.6 Å². The predicted molar refractivity (Wildman–Crippen MR) is 86.1 cm³/mol. The van der Waals surface area contributed by atoms with Gasteiger partial charge in [0, 0.05) is 6.54 Å². The van der Waals surface area contributed by atoms with Crippen molar-refractivity contribution in [2.75, 3.05) is 22.0 Å². The third kappa shape index (κ3) is 4.80. The number of ether oxygens (including phenoxy) is 1. The summed E-state index contributed by atoms with van der Waals surface area (Å²) in [7, 11) is 0. The molecular weight excluding hydrogens is 462 g/mol. The summed E-state index contributed by atoms with van der Waals surface area (Å²) < 4.78 is 6.64. The molecule has 0 radical (unpaired) electrons. The van der Waals surface area contributed by atoms with Gasteiger partial charge in [-0.1, -0.05) is 45.2 Å². The van der Waals surface area contributed by atoms with E-state index in [1.807, 2.05) is 27.5 Å². The van der Waals surface area contributed by atoms with Gasteiger partial charge in [-0.25, -0.2) is 0 Å². The lowest BCUT2D eigenvalue weighted by atomic mass is 10.1. The summed E-state index contributed by atoms with van der Waals surface area (Å²) in [5.74, 6) is 0.0198. The Labute approximate surface area is 134 Å². The zero-order valence-corrected chi connectivity index (χ0v) is 14.4. The number of morpholine rings is 1. The smallest absolute Gasteiger partial charge is 0.232 e. The van der Waals surface area contributed by atoms with Crippen LogP contribution in [0.2, 0.25) is 0 Å². The molecule has 7 heteroatoms. The van der Waals surface area contributed by atoms with E-state index in [0.717, 1.165) is 26.0 Å². The molecule has 1 saturated carbocycles. The molecule has 1 aliphatic heterocycles. The second kappa shape index (κ2) is 8.51. The number of rotatable bonds is 2. The van der Waals surface area contributed by atoms with Gasteiger partial charge in [0.25, 0.3) is 0 Å². The van der Waals surface area contributed by atoms with Crippen molar-refractivity contribution in [2.24, 2.45) is 5.73 Å². The Balaban J connectivity index is 0.000000280. The molecule has 104 valence electrons. The van der Waals surface area contributed by atoms with Crippen LogP contribution in [0.4, 0.5) is 0 Å². The Hall–Kier alpha value is 0.360. The van der Waals surface area contributed by atoms with E-state index in [0.29, 0.717) is 21.0 Å². The zero-order valence-electron chi connectivity index (χ0n) is 10.1. The molecule has 2 unspecified atom stereocenters. The minimum atomic E-state index is -0.259. The van der Waals surface area contributed by atoms with E-state index in [2.05, 4.69) is 28.3 Å². The summed E-state index contributed by atoms with van der Waals surface area (Å²) in [4.78, 5) is 23.2. The number of carbonyl (C=O) groups excluding carboxylic acids is 2. The highest BCUT2D eigenvalue weighted by Crippen LogP contribution is 2.29. The van der Waals surface area contributed by atoms with Gasteiger partial charge in [0.1, 0.15) is 0 Å². The average Bonchev–Trinajstić information content (AvgIpc) is 2.86. The monoisotopic (exact) mass is 480 g/mol. The van der Waals surface area contributed by atoms with Crippen molar-refractivity contribution in [1.29, 1.82) is 0 Å². The third-order valence-electron chi connectivity index (χ3n) is 3.05. The van der Waals surface area contributed by atoms with Crippen LogP contribution in [0.15, 0.2) is 0 Å². The minimum Gasteiger partial charge on any atom is -0.374 e. The number of primary amides is 1.